The monoisotopic (exact) mass is 233 g/mol. The SMILES string of the molecule is COC(=N)COc1cc(Cl)ccc1Cl. The van der Waals surface area contributed by atoms with Crippen molar-refractivity contribution in [2.45, 2.75) is 0 Å². The number of hydrogen-bond donors (Lipinski definition) is 1. The van der Waals surface area contributed by atoms with E-state index in [0.29, 0.717) is 15.8 Å². The lowest BCUT2D eigenvalue weighted by molar-refractivity contribution is 0.310. The third kappa shape index (κ3) is 3.09. The number of nitrogens with one attached hydrogen (secondary N) is 1. The minimum Gasteiger partial charge on any atom is -0.482 e. The highest BCUT2D eigenvalue weighted by Gasteiger charge is 2.03. The van der Waals surface area contributed by atoms with Gasteiger partial charge in [0.2, 0.25) is 5.90 Å². The van der Waals surface area contributed by atoms with Crippen molar-refractivity contribution in [3.63, 3.8) is 0 Å². The van der Waals surface area contributed by atoms with Crippen LogP contribution in [0.1, 0.15) is 0 Å². The number of hydrogen-bond acceptors (Lipinski definition) is 3. The molecule has 1 aromatic rings. The van der Waals surface area contributed by atoms with Crippen LogP contribution in [0.5, 0.6) is 5.75 Å². The summed E-state index contributed by atoms with van der Waals surface area (Å²) in [6.45, 7) is 0.0383. The first-order valence-corrected chi connectivity index (χ1v) is 4.58. The van der Waals surface area contributed by atoms with Crippen LogP contribution in [0.25, 0.3) is 0 Å². The molecule has 1 aromatic carbocycles. The van der Waals surface area contributed by atoms with Crippen molar-refractivity contribution in [1.29, 1.82) is 5.41 Å². The molecular weight excluding hydrogens is 225 g/mol. The predicted octanol–water partition coefficient (Wildman–Crippen LogP) is 3.00. The van der Waals surface area contributed by atoms with Gasteiger partial charge in [-0.05, 0) is 12.1 Å². The van der Waals surface area contributed by atoms with Crippen LogP contribution in [0.15, 0.2) is 18.2 Å². The molecule has 76 valence electrons. The van der Waals surface area contributed by atoms with Gasteiger partial charge in [-0.2, -0.15) is 0 Å². The van der Waals surface area contributed by atoms with E-state index in [2.05, 4.69) is 4.74 Å². The summed E-state index contributed by atoms with van der Waals surface area (Å²) in [6, 6.07) is 4.89. The van der Waals surface area contributed by atoms with Gasteiger partial charge in [0.25, 0.3) is 0 Å². The number of methoxy groups -OCH3 is 1. The molecule has 0 bridgehead atoms. The average molecular weight is 234 g/mol. The Hall–Kier alpha value is -0.930. The third-order valence-corrected chi connectivity index (χ3v) is 2.05. The number of benzene rings is 1. The summed E-state index contributed by atoms with van der Waals surface area (Å²) >= 11 is 11.6. The lowest BCUT2D eigenvalue weighted by Gasteiger charge is -2.07. The van der Waals surface area contributed by atoms with Crippen molar-refractivity contribution in [3.05, 3.63) is 28.2 Å². The van der Waals surface area contributed by atoms with E-state index in [9.17, 15) is 0 Å². The molecule has 1 rings (SSSR count). The molecule has 0 aliphatic heterocycles. The smallest absolute Gasteiger partial charge is 0.219 e. The second-order valence-electron chi connectivity index (χ2n) is 2.49. The fourth-order valence-corrected chi connectivity index (χ4v) is 1.12. The van der Waals surface area contributed by atoms with Gasteiger partial charge in [-0.1, -0.05) is 23.2 Å². The van der Waals surface area contributed by atoms with E-state index < -0.39 is 0 Å². The molecule has 0 amide bonds. The van der Waals surface area contributed by atoms with Crippen LogP contribution >= 0.6 is 23.2 Å². The molecule has 14 heavy (non-hydrogen) atoms. The molecule has 0 unspecified atom stereocenters. The van der Waals surface area contributed by atoms with E-state index in [1.54, 1.807) is 18.2 Å². The van der Waals surface area contributed by atoms with Gasteiger partial charge >= 0.3 is 0 Å². The molecule has 3 nitrogen and oxygen atoms in total. The van der Waals surface area contributed by atoms with Crippen molar-refractivity contribution in [3.8, 4) is 5.75 Å². The van der Waals surface area contributed by atoms with Crippen LogP contribution in [-0.4, -0.2) is 19.6 Å². The second-order valence-corrected chi connectivity index (χ2v) is 3.33. The fourth-order valence-electron chi connectivity index (χ4n) is 0.790. The average Bonchev–Trinajstić information content (AvgIpc) is 2.19. The summed E-state index contributed by atoms with van der Waals surface area (Å²) in [6.07, 6.45) is 0. The normalized spacial score (nSPS) is 9.64. The summed E-state index contributed by atoms with van der Waals surface area (Å²) < 4.78 is 9.83. The van der Waals surface area contributed by atoms with Crippen LogP contribution in [0.2, 0.25) is 10.0 Å². The molecule has 0 aromatic heterocycles. The minimum atomic E-state index is 0.0287. The van der Waals surface area contributed by atoms with Crippen molar-refractivity contribution in [1.82, 2.24) is 0 Å². The zero-order valence-corrected chi connectivity index (χ0v) is 9.02. The van der Waals surface area contributed by atoms with Gasteiger partial charge in [-0.25, -0.2) is 0 Å². The second kappa shape index (κ2) is 5.08. The molecule has 0 aliphatic carbocycles. The number of rotatable bonds is 3. The predicted molar refractivity (Wildman–Crippen MR) is 56.7 cm³/mol. The molecule has 0 radical (unpaired) electrons. The molecular formula is C9H9Cl2NO2. The third-order valence-electron chi connectivity index (χ3n) is 1.50. The highest BCUT2D eigenvalue weighted by molar-refractivity contribution is 6.34. The molecule has 5 heteroatoms. The van der Waals surface area contributed by atoms with Crippen LogP contribution in [0.3, 0.4) is 0 Å². The first-order valence-electron chi connectivity index (χ1n) is 3.82. The molecule has 0 atom stereocenters. The Morgan fingerprint density at radius 1 is 1.43 bits per heavy atom. The van der Waals surface area contributed by atoms with Gasteiger partial charge < -0.3 is 9.47 Å². The van der Waals surface area contributed by atoms with Gasteiger partial charge in [0.1, 0.15) is 5.75 Å². The van der Waals surface area contributed by atoms with Crippen LogP contribution in [0.4, 0.5) is 0 Å². The van der Waals surface area contributed by atoms with Gasteiger partial charge in [-0.3, -0.25) is 5.41 Å². The minimum absolute atomic E-state index is 0.0287. The Kier molecular flexibility index (Phi) is 4.04. The highest BCUT2D eigenvalue weighted by atomic mass is 35.5. The Morgan fingerprint density at radius 2 is 2.14 bits per heavy atom. The van der Waals surface area contributed by atoms with E-state index in [-0.39, 0.29) is 12.5 Å². The standard InChI is InChI=1S/C9H9Cl2NO2/c1-13-9(12)5-14-8-4-6(10)2-3-7(8)11/h2-4,12H,5H2,1H3. The molecule has 0 saturated heterocycles. The molecule has 0 heterocycles. The Bertz CT molecular complexity index is 342. The number of halogens is 2. The molecule has 0 aliphatic rings. The van der Waals surface area contributed by atoms with E-state index >= 15 is 0 Å². The fraction of sp³-hybridized carbons (Fsp3) is 0.222. The Balaban J connectivity index is 2.66. The largest absolute Gasteiger partial charge is 0.482 e. The molecule has 1 N–H and O–H groups in total. The first-order chi connectivity index (χ1) is 6.63. The van der Waals surface area contributed by atoms with Crippen LogP contribution in [0, 0.1) is 5.41 Å². The number of ether oxygens (including phenoxy) is 2. The van der Waals surface area contributed by atoms with E-state index in [1.807, 2.05) is 0 Å². The molecule has 0 spiro atoms. The Morgan fingerprint density at radius 3 is 2.79 bits per heavy atom. The van der Waals surface area contributed by atoms with Crippen molar-refractivity contribution >= 4 is 29.1 Å². The lowest BCUT2D eigenvalue weighted by atomic mass is 10.3. The summed E-state index contributed by atoms with van der Waals surface area (Å²) in [7, 11) is 1.41. The Labute approximate surface area is 92.0 Å². The van der Waals surface area contributed by atoms with E-state index in [0.717, 1.165) is 0 Å². The van der Waals surface area contributed by atoms with Gasteiger partial charge in [0.15, 0.2) is 6.61 Å². The highest BCUT2D eigenvalue weighted by Crippen LogP contribution is 2.27. The van der Waals surface area contributed by atoms with E-state index in [1.165, 1.54) is 7.11 Å². The van der Waals surface area contributed by atoms with Crippen molar-refractivity contribution < 1.29 is 9.47 Å². The maximum Gasteiger partial charge on any atom is 0.219 e. The topological polar surface area (TPSA) is 42.3 Å². The van der Waals surface area contributed by atoms with Crippen molar-refractivity contribution in [2.75, 3.05) is 13.7 Å². The summed E-state index contributed by atoms with van der Waals surface area (Å²) in [5.74, 6) is 0.474. The quantitative estimate of drug-likeness (QED) is 0.645. The van der Waals surface area contributed by atoms with Gasteiger partial charge in [0.05, 0.1) is 12.1 Å². The van der Waals surface area contributed by atoms with Gasteiger partial charge in [-0.15, -0.1) is 0 Å². The molecule has 0 fully saturated rings. The molecule has 0 saturated carbocycles. The maximum absolute atomic E-state index is 7.19. The summed E-state index contributed by atoms with van der Waals surface area (Å²) in [5.41, 5.74) is 0. The van der Waals surface area contributed by atoms with E-state index in [4.69, 9.17) is 33.3 Å². The zero-order chi connectivity index (χ0) is 10.6. The maximum atomic E-state index is 7.19. The van der Waals surface area contributed by atoms with Crippen LogP contribution < -0.4 is 4.74 Å². The zero-order valence-electron chi connectivity index (χ0n) is 7.51. The van der Waals surface area contributed by atoms with Gasteiger partial charge in [0, 0.05) is 11.1 Å². The first kappa shape index (κ1) is 11.1. The van der Waals surface area contributed by atoms with Crippen LogP contribution in [-0.2, 0) is 4.74 Å². The summed E-state index contributed by atoms with van der Waals surface area (Å²) in [4.78, 5) is 0. The lowest BCUT2D eigenvalue weighted by Crippen LogP contribution is -2.11. The summed E-state index contributed by atoms with van der Waals surface area (Å²) in [5, 5.41) is 8.18. The van der Waals surface area contributed by atoms with Crippen molar-refractivity contribution in [2.24, 2.45) is 0 Å².